The SMILES string of the molecule is CC(C)CN1CCN(c2ccc3c(c2)oc(=O)n3C(=O)NCCCCc2ccccc2)CC1. The van der Waals surface area contributed by atoms with Gasteiger partial charge in [-0.3, -0.25) is 4.90 Å². The Morgan fingerprint density at radius 3 is 2.52 bits per heavy atom. The van der Waals surface area contributed by atoms with Crippen molar-refractivity contribution >= 4 is 22.8 Å². The lowest BCUT2D eigenvalue weighted by Crippen LogP contribution is -2.47. The van der Waals surface area contributed by atoms with Crippen molar-refractivity contribution in [3.63, 3.8) is 0 Å². The average molecular weight is 451 g/mol. The largest absolute Gasteiger partial charge is 0.428 e. The first kappa shape index (κ1) is 23.1. The fourth-order valence-electron chi connectivity index (χ4n) is 4.47. The van der Waals surface area contributed by atoms with E-state index < -0.39 is 11.8 Å². The Balaban J connectivity index is 1.33. The first-order valence-electron chi connectivity index (χ1n) is 12.0. The van der Waals surface area contributed by atoms with Gasteiger partial charge in [-0.1, -0.05) is 44.2 Å². The Labute approximate surface area is 195 Å². The molecule has 0 radical (unpaired) electrons. The van der Waals surface area contributed by atoms with Crippen molar-refractivity contribution in [1.82, 2.24) is 14.8 Å². The zero-order valence-corrected chi connectivity index (χ0v) is 19.6. The molecule has 1 N–H and O–H groups in total. The van der Waals surface area contributed by atoms with Crippen molar-refractivity contribution in [3.05, 3.63) is 64.6 Å². The topological polar surface area (TPSA) is 70.7 Å². The molecule has 1 aromatic heterocycles. The number of hydrogen-bond donors (Lipinski definition) is 1. The first-order chi connectivity index (χ1) is 16.0. The molecule has 2 heterocycles. The third-order valence-electron chi connectivity index (χ3n) is 6.14. The van der Waals surface area contributed by atoms with E-state index in [1.807, 2.05) is 36.4 Å². The number of anilines is 1. The Hall–Kier alpha value is -3.06. The van der Waals surface area contributed by atoms with Crippen molar-refractivity contribution in [2.75, 3.05) is 44.2 Å². The summed E-state index contributed by atoms with van der Waals surface area (Å²) in [5, 5.41) is 2.85. The van der Waals surface area contributed by atoms with Crippen LogP contribution in [0.3, 0.4) is 0 Å². The number of aryl methyl sites for hydroxylation is 1. The van der Waals surface area contributed by atoms with Gasteiger partial charge >= 0.3 is 11.8 Å². The Bertz CT molecular complexity index is 1110. The van der Waals surface area contributed by atoms with Crippen molar-refractivity contribution < 1.29 is 9.21 Å². The van der Waals surface area contributed by atoms with Crippen LogP contribution in [0, 0.1) is 5.92 Å². The second-order valence-electron chi connectivity index (χ2n) is 9.21. The van der Waals surface area contributed by atoms with Gasteiger partial charge in [0, 0.05) is 51.0 Å². The maximum absolute atomic E-state index is 12.7. The summed E-state index contributed by atoms with van der Waals surface area (Å²) in [6.45, 7) is 10.0. The normalized spacial score (nSPS) is 14.8. The molecule has 0 atom stereocenters. The van der Waals surface area contributed by atoms with E-state index in [1.54, 1.807) is 0 Å². The van der Waals surface area contributed by atoms with E-state index in [4.69, 9.17) is 4.42 Å². The van der Waals surface area contributed by atoms with E-state index in [-0.39, 0.29) is 0 Å². The Kier molecular flexibility index (Phi) is 7.50. The van der Waals surface area contributed by atoms with Crippen LogP contribution in [-0.4, -0.2) is 54.8 Å². The number of rotatable bonds is 8. The van der Waals surface area contributed by atoms with Crippen LogP contribution in [0.25, 0.3) is 11.1 Å². The Morgan fingerprint density at radius 2 is 1.79 bits per heavy atom. The van der Waals surface area contributed by atoms with Gasteiger partial charge in [0.05, 0.1) is 0 Å². The second kappa shape index (κ2) is 10.7. The molecule has 1 saturated heterocycles. The summed E-state index contributed by atoms with van der Waals surface area (Å²) in [7, 11) is 0. The average Bonchev–Trinajstić information content (AvgIpc) is 3.14. The molecular formula is C26H34N4O3. The highest BCUT2D eigenvalue weighted by Crippen LogP contribution is 2.23. The van der Waals surface area contributed by atoms with E-state index in [2.05, 4.69) is 41.1 Å². The molecule has 7 heteroatoms. The number of unbranched alkanes of at least 4 members (excludes halogenated alkanes) is 1. The van der Waals surface area contributed by atoms with Crippen LogP contribution in [0.4, 0.5) is 10.5 Å². The van der Waals surface area contributed by atoms with Gasteiger partial charge in [-0.15, -0.1) is 0 Å². The van der Waals surface area contributed by atoms with Crippen LogP contribution in [0.2, 0.25) is 0 Å². The molecule has 1 aliphatic heterocycles. The minimum absolute atomic E-state index is 0.437. The van der Waals surface area contributed by atoms with Crippen LogP contribution in [-0.2, 0) is 6.42 Å². The molecule has 0 aliphatic carbocycles. The molecule has 0 saturated carbocycles. The first-order valence-corrected chi connectivity index (χ1v) is 12.0. The summed E-state index contributed by atoms with van der Waals surface area (Å²) >= 11 is 0. The predicted molar refractivity (Wildman–Crippen MR) is 132 cm³/mol. The number of amides is 1. The number of hydrogen-bond acceptors (Lipinski definition) is 5. The molecule has 1 fully saturated rings. The van der Waals surface area contributed by atoms with E-state index in [0.29, 0.717) is 23.6 Å². The minimum atomic E-state index is -0.648. The number of nitrogens with zero attached hydrogens (tertiary/aromatic N) is 3. The van der Waals surface area contributed by atoms with E-state index in [0.717, 1.165) is 62.2 Å². The van der Waals surface area contributed by atoms with Gasteiger partial charge in [0.15, 0.2) is 5.58 Å². The highest BCUT2D eigenvalue weighted by Gasteiger charge is 2.20. The van der Waals surface area contributed by atoms with Gasteiger partial charge in [0.25, 0.3) is 0 Å². The number of oxazole rings is 1. The van der Waals surface area contributed by atoms with Crippen LogP contribution in [0.1, 0.15) is 32.3 Å². The molecular weight excluding hydrogens is 416 g/mol. The van der Waals surface area contributed by atoms with Crippen molar-refractivity contribution in [2.45, 2.75) is 33.1 Å². The maximum Gasteiger partial charge on any atom is 0.428 e. The highest BCUT2D eigenvalue weighted by molar-refractivity contribution is 5.89. The number of nitrogens with one attached hydrogen (secondary N) is 1. The summed E-state index contributed by atoms with van der Waals surface area (Å²) in [4.78, 5) is 29.9. The number of aromatic nitrogens is 1. The maximum atomic E-state index is 12.7. The van der Waals surface area contributed by atoms with Gasteiger partial charge in [0.2, 0.25) is 0 Å². The summed E-state index contributed by atoms with van der Waals surface area (Å²) in [5.74, 6) is 0.0163. The molecule has 1 aliphatic rings. The van der Waals surface area contributed by atoms with Crippen molar-refractivity contribution in [2.24, 2.45) is 5.92 Å². The van der Waals surface area contributed by atoms with Crippen LogP contribution < -0.4 is 16.0 Å². The molecule has 33 heavy (non-hydrogen) atoms. The molecule has 7 nitrogen and oxygen atoms in total. The number of fused-ring (bicyclic) bond motifs is 1. The number of benzene rings is 2. The monoisotopic (exact) mass is 450 g/mol. The number of carbonyl (C=O) groups is 1. The minimum Gasteiger partial charge on any atom is -0.407 e. The summed E-state index contributed by atoms with van der Waals surface area (Å²) in [6, 6.07) is 15.5. The Morgan fingerprint density at radius 1 is 1.03 bits per heavy atom. The summed E-state index contributed by atoms with van der Waals surface area (Å²) in [5.41, 5.74) is 3.26. The van der Waals surface area contributed by atoms with E-state index >= 15 is 0 Å². The lowest BCUT2D eigenvalue weighted by Gasteiger charge is -2.36. The van der Waals surface area contributed by atoms with Crippen molar-refractivity contribution in [1.29, 1.82) is 0 Å². The second-order valence-corrected chi connectivity index (χ2v) is 9.21. The summed E-state index contributed by atoms with van der Waals surface area (Å²) in [6.07, 6.45) is 2.79. The van der Waals surface area contributed by atoms with Gasteiger partial charge in [-0.25, -0.2) is 9.59 Å². The summed E-state index contributed by atoms with van der Waals surface area (Å²) < 4.78 is 6.51. The van der Waals surface area contributed by atoms with E-state index in [9.17, 15) is 9.59 Å². The molecule has 4 rings (SSSR count). The fourth-order valence-corrected chi connectivity index (χ4v) is 4.47. The predicted octanol–water partition coefficient (Wildman–Crippen LogP) is 3.95. The zero-order valence-electron chi connectivity index (χ0n) is 19.6. The highest BCUT2D eigenvalue weighted by atomic mass is 16.4. The molecule has 3 aromatic rings. The number of piperazine rings is 1. The van der Waals surface area contributed by atoms with Crippen LogP contribution >= 0.6 is 0 Å². The standard InChI is InChI=1S/C26H34N4O3/c1-20(2)19-28-14-16-29(17-15-28)22-11-12-23-24(18-22)33-26(32)30(23)25(31)27-13-7-6-10-21-8-4-3-5-9-21/h3-5,8-9,11-12,18,20H,6-7,10,13-17,19H2,1-2H3,(H,27,31). The molecule has 2 aromatic carbocycles. The quantitative estimate of drug-likeness (QED) is 0.526. The lowest BCUT2D eigenvalue weighted by molar-refractivity contribution is 0.231. The third kappa shape index (κ3) is 5.85. The molecule has 0 unspecified atom stereocenters. The number of carbonyl (C=O) groups excluding carboxylic acids is 1. The molecule has 176 valence electrons. The van der Waals surface area contributed by atoms with Crippen molar-refractivity contribution in [3.8, 4) is 0 Å². The molecule has 0 spiro atoms. The van der Waals surface area contributed by atoms with Gasteiger partial charge < -0.3 is 14.6 Å². The van der Waals surface area contributed by atoms with E-state index in [1.165, 1.54) is 5.56 Å². The smallest absolute Gasteiger partial charge is 0.407 e. The lowest BCUT2D eigenvalue weighted by atomic mass is 10.1. The zero-order chi connectivity index (χ0) is 23.2. The molecule has 1 amide bonds. The van der Waals surface area contributed by atoms with Gasteiger partial charge in [-0.05, 0) is 42.9 Å². The van der Waals surface area contributed by atoms with Crippen LogP contribution in [0.5, 0.6) is 0 Å². The fraction of sp³-hybridized carbons (Fsp3) is 0.462. The molecule has 0 bridgehead atoms. The third-order valence-corrected chi connectivity index (χ3v) is 6.14. The van der Waals surface area contributed by atoms with Crippen LogP contribution in [0.15, 0.2) is 57.7 Å². The van der Waals surface area contributed by atoms with Gasteiger partial charge in [-0.2, -0.15) is 4.57 Å². The van der Waals surface area contributed by atoms with Gasteiger partial charge in [0.1, 0.15) is 5.52 Å².